The summed E-state index contributed by atoms with van der Waals surface area (Å²) in [5, 5.41) is 0. The maximum absolute atomic E-state index is 6.69. The van der Waals surface area contributed by atoms with Gasteiger partial charge in [-0.2, -0.15) is 0 Å². The highest BCUT2D eigenvalue weighted by molar-refractivity contribution is 5.19. The third-order valence-corrected chi connectivity index (χ3v) is 5.09. The Labute approximate surface area is 118 Å². The van der Waals surface area contributed by atoms with Crippen molar-refractivity contribution in [3.8, 4) is 0 Å². The van der Waals surface area contributed by atoms with Gasteiger partial charge in [0.05, 0.1) is 13.2 Å². The third kappa shape index (κ3) is 3.39. The lowest BCUT2D eigenvalue weighted by Gasteiger charge is -2.47. The van der Waals surface area contributed by atoms with Gasteiger partial charge in [0.1, 0.15) is 0 Å². The van der Waals surface area contributed by atoms with Crippen molar-refractivity contribution in [1.29, 1.82) is 0 Å². The van der Waals surface area contributed by atoms with Gasteiger partial charge >= 0.3 is 0 Å². The molecule has 0 radical (unpaired) electrons. The Morgan fingerprint density at radius 3 is 2.74 bits per heavy atom. The normalized spacial score (nSPS) is 27.2. The van der Waals surface area contributed by atoms with Gasteiger partial charge in [0.15, 0.2) is 0 Å². The van der Waals surface area contributed by atoms with E-state index in [4.69, 9.17) is 10.5 Å². The van der Waals surface area contributed by atoms with Gasteiger partial charge in [-0.3, -0.25) is 4.90 Å². The van der Waals surface area contributed by atoms with Gasteiger partial charge in [0.2, 0.25) is 0 Å². The maximum Gasteiger partial charge on any atom is 0.0594 e. The van der Waals surface area contributed by atoms with Gasteiger partial charge in [-0.25, -0.2) is 0 Å². The molecule has 2 atom stereocenters. The number of rotatable bonds is 4. The van der Waals surface area contributed by atoms with Gasteiger partial charge in [-0.1, -0.05) is 25.0 Å². The molecule has 2 rings (SSSR count). The van der Waals surface area contributed by atoms with Gasteiger partial charge in [-0.15, -0.1) is 0 Å². The molecule has 3 heteroatoms. The van der Waals surface area contributed by atoms with Crippen molar-refractivity contribution in [3.63, 3.8) is 0 Å². The minimum atomic E-state index is 0.0833. The first kappa shape index (κ1) is 15.0. The van der Waals surface area contributed by atoms with Crippen LogP contribution in [0.5, 0.6) is 0 Å². The number of hydrogen-bond donors (Lipinski definition) is 1. The fraction of sp³-hybridized carbons (Fsp3) is 0.875. The van der Waals surface area contributed by atoms with Crippen LogP contribution in [-0.4, -0.2) is 42.8 Å². The quantitative estimate of drug-likeness (QED) is 0.795. The standard InChI is InChI=1S/C16H30N2O/c1-3-16(2,18-10-12-19-13-11-18)15(17)14-8-6-4-5-7-9-14/h8,15H,3-7,9-13,17H2,1-2H3. The first-order chi connectivity index (χ1) is 9.18. The summed E-state index contributed by atoms with van der Waals surface area (Å²) in [7, 11) is 0. The van der Waals surface area contributed by atoms with Gasteiger partial charge in [0.25, 0.3) is 0 Å². The van der Waals surface area contributed by atoms with Crippen LogP contribution in [0.15, 0.2) is 11.6 Å². The Balaban J connectivity index is 2.11. The predicted molar refractivity (Wildman–Crippen MR) is 80.2 cm³/mol. The molecular formula is C16H30N2O. The molecule has 0 aromatic rings. The van der Waals surface area contributed by atoms with Gasteiger partial charge in [-0.05, 0) is 39.0 Å². The molecule has 110 valence electrons. The second kappa shape index (κ2) is 6.87. The van der Waals surface area contributed by atoms with E-state index in [9.17, 15) is 0 Å². The molecule has 1 aliphatic heterocycles. The zero-order valence-corrected chi connectivity index (χ0v) is 12.7. The molecule has 0 amide bonds. The summed E-state index contributed by atoms with van der Waals surface area (Å²) in [5.74, 6) is 0. The van der Waals surface area contributed by atoms with Crippen LogP contribution >= 0.6 is 0 Å². The van der Waals surface area contributed by atoms with Gasteiger partial charge in [0, 0.05) is 24.7 Å². The van der Waals surface area contributed by atoms with Crippen molar-refractivity contribution in [3.05, 3.63) is 11.6 Å². The SMILES string of the molecule is CCC(C)(C(N)C1=CCCCCC1)N1CCOCC1. The van der Waals surface area contributed by atoms with E-state index < -0.39 is 0 Å². The number of ether oxygens (including phenoxy) is 1. The van der Waals surface area contributed by atoms with Crippen LogP contribution in [-0.2, 0) is 4.74 Å². The van der Waals surface area contributed by atoms with E-state index in [1.807, 2.05) is 0 Å². The lowest BCUT2D eigenvalue weighted by atomic mass is 9.81. The largest absolute Gasteiger partial charge is 0.379 e. The van der Waals surface area contributed by atoms with E-state index >= 15 is 0 Å². The molecule has 0 bridgehead atoms. The Kier molecular flexibility index (Phi) is 5.43. The summed E-state index contributed by atoms with van der Waals surface area (Å²) < 4.78 is 5.49. The van der Waals surface area contributed by atoms with E-state index in [1.54, 1.807) is 0 Å². The topological polar surface area (TPSA) is 38.5 Å². The highest BCUT2D eigenvalue weighted by Gasteiger charge is 2.38. The number of hydrogen-bond acceptors (Lipinski definition) is 3. The van der Waals surface area contributed by atoms with Crippen molar-refractivity contribution in [2.24, 2.45) is 5.73 Å². The molecule has 0 aromatic heterocycles. The Hall–Kier alpha value is -0.380. The van der Waals surface area contributed by atoms with Crippen molar-refractivity contribution >= 4 is 0 Å². The second-order valence-corrected chi connectivity index (χ2v) is 6.17. The first-order valence-corrected chi connectivity index (χ1v) is 7.96. The van der Waals surface area contributed by atoms with Crippen LogP contribution in [0.3, 0.4) is 0 Å². The van der Waals surface area contributed by atoms with Crippen molar-refractivity contribution < 1.29 is 4.74 Å². The van der Waals surface area contributed by atoms with Gasteiger partial charge < -0.3 is 10.5 Å². The molecule has 19 heavy (non-hydrogen) atoms. The zero-order chi connectivity index (χ0) is 13.7. The fourth-order valence-corrected chi connectivity index (χ4v) is 3.44. The molecule has 2 unspecified atom stereocenters. The van der Waals surface area contributed by atoms with Crippen LogP contribution in [0.1, 0.15) is 52.4 Å². The van der Waals surface area contributed by atoms with Crippen LogP contribution in [0.2, 0.25) is 0 Å². The van der Waals surface area contributed by atoms with Crippen molar-refractivity contribution in [2.45, 2.75) is 64.0 Å². The molecule has 1 saturated heterocycles. The Bertz CT molecular complexity index is 310. The highest BCUT2D eigenvalue weighted by Crippen LogP contribution is 2.31. The van der Waals surface area contributed by atoms with E-state index in [0.717, 1.165) is 32.7 Å². The molecule has 0 aromatic carbocycles. The molecule has 0 spiro atoms. The van der Waals surface area contributed by atoms with Crippen molar-refractivity contribution in [2.75, 3.05) is 26.3 Å². The van der Waals surface area contributed by atoms with Crippen LogP contribution < -0.4 is 5.73 Å². The maximum atomic E-state index is 6.69. The number of morpholine rings is 1. The number of nitrogens with zero attached hydrogens (tertiary/aromatic N) is 1. The molecule has 1 fully saturated rings. The highest BCUT2D eigenvalue weighted by atomic mass is 16.5. The van der Waals surface area contributed by atoms with Crippen LogP contribution in [0, 0.1) is 0 Å². The summed E-state index contributed by atoms with van der Waals surface area (Å²) >= 11 is 0. The Morgan fingerprint density at radius 2 is 2.05 bits per heavy atom. The zero-order valence-electron chi connectivity index (χ0n) is 12.7. The second-order valence-electron chi connectivity index (χ2n) is 6.17. The first-order valence-electron chi connectivity index (χ1n) is 7.96. The fourth-order valence-electron chi connectivity index (χ4n) is 3.44. The van der Waals surface area contributed by atoms with Crippen LogP contribution in [0.4, 0.5) is 0 Å². The molecule has 1 aliphatic carbocycles. The molecular weight excluding hydrogens is 236 g/mol. The molecule has 2 aliphatic rings. The molecule has 2 N–H and O–H groups in total. The van der Waals surface area contributed by atoms with E-state index in [-0.39, 0.29) is 11.6 Å². The number of allylic oxidation sites excluding steroid dienone is 1. The lowest BCUT2D eigenvalue weighted by molar-refractivity contribution is -0.0236. The minimum absolute atomic E-state index is 0.0833. The van der Waals surface area contributed by atoms with E-state index in [0.29, 0.717) is 0 Å². The Morgan fingerprint density at radius 1 is 1.32 bits per heavy atom. The van der Waals surface area contributed by atoms with E-state index in [1.165, 1.54) is 37.7 Å². The lowest BCUT2D eigenvalue weighted by Crippen LogP contribution is -2.61. The monoisotopic (exact) mass is 266 g/mol. The van der Waals surface area contributed by atoms with Crippen LogP contribution in [0.25, 0.3) is 0 Å². The van der Waals surface area contributed by atoms with E-state index in [2.05, 4.69) is 24.8 Å². The third-order valence-electron chi connectivity index (χ3n) is 5.09. The average molecular weight is 266 g/mol. The minimum Gasteiger partial charge on any atom is -0.379 e. The predicted octanol–water partition coefficient (Wildman–Crippen LogP) is 2.71. The average Bonchev–Trinajstić information content (AvgIpc) is 2.75. The van der Waals surface area contributed by atoms with Crippen molar-refractivity contribution in [1.82, 2.24) is 4.90 Å². The molecule has 1 heterocycles. The summed E-state index contributed by atoms with van der Waals surface area (Å²) in [6, 6.07) is 0.175. The smallest absolute Gasteiger partial charge is 0.0594 e. The summed E-state index contributed by atoms with van der Waals surface area (Å²) in [5.41, 5.74) is 8.26. The number of nitrogens with two attached hydrogens (primary N) is 1. The molecule has 3 nitrogen and oxygen atoms in total. The summed E-state index contributed by atoms with van der Waals surface area (Å²) in [6.07, 6.45) is 9.93. The molecule has 0 saturated carbocycles. The summed E-state index contributed by atoms with van der Waals surface area (Å²) in [6.45, 7) is 8.35. The summed E-state index contributed by atoms with van der Waals surface area (Å²) in [4.78, 5) is 2.55.